The van der Waals surface area contributed by atoms with E-state index in [1.165, 1.54) is 0 Å². The summed E-state index contributed by atoms with van der Waals surface area (Å²) >= 11 is 0. The maximum Gasteiger partial charge on any atom is 0.315 e. The van der Waals surface area contributed by atoms with Gasteiger partial charge in [0, 0.05) is 6.04 Å². The van der Waals surface area contributed by atoms with Gasteiger partial charge in [0.25, 0.3) is 0 Å². The van der Waals surface area contributed by atoms with Gasteiger partial charge in [-0.2, -0.15) is 0 Å². The number of carbonyl (C=O) groups is 2. The van der Waals surface area contributed by atoms with Crippen molar-refractivity contribution in [3.63, 3.8) is 0 Å². The molecule has 2 atom stereocenters. The van der Waals surface area contributed by atoms with Crippen LogP contribution in [0.5, 0.6) is 0 Å². The average Bonchev–Trinajstić information content (AvgIpc) is 2.44. The van der Waals surface area contributed by atoms with Gasteiger partial charge in [-0.25, -0.2) is 0 Å². The van der Waals surface area contributed by atoms with Gasteiger partial charge in [-0.1, -0.05) is 42.5 Å². The summed E-state index contributed by atoms with van der Waals surface area (Å²) < 4.78 is 5.46. The van der Waals surface area contributed by atoms with Crippen molar-refractivity contribution in [3.8, 4) is 0 Å². The quantitative estimate of drug-likeness (QED) is 0.823. The molecule has 5 heteroatoms. The van der Waals surface area contributed by atoms with Crippen molar-refractivity contribution in [1.29, 1.82) is 0 Å². The monoisotopic (exact) mass is 329 g/mol. The zero-order chi connectivity index (χ0) is 17.9. The minimum Gasteiger partial charge on any atom is -0.481 e. The number of carboxylic acid groups (broad SMARTS) is 1. The van der Waals surface area contributed by atoms with Gasteiger partial charge in [0.2, 0.25) is 0 Å². The molecule has 0 aliphatic carbocycles. The molecule has 2 aromatic carbocycles. The SMILES string of the molecule is CC(C)(C)OC(=O)C(c1ccc2ccccc2c1)[C@@H](N)CC(=O)O. The van der Waals surface area contributed by atoms with Crippen molar-refractivity contribution in [3.05, 3.63) is 48.0 Å². The van der Waals surface area contributed by atoms with E-state index in [2.05, 4.69) is 0 Å². The molecule has 0 bridgehead atoms. The number of carbonyl (C=O) groups excluding carboxylic acids is 1. The number of fused-ring (bicyclic) bond motifs is 1. The average molecular weight is 329 g/mol. The van der Waals surface area contributed by atoms with E-state index >= 15 is 0 Å². The molecule has 24 heavy (non-hydrogen) atoms. The fourth-order valence-corrected chi connectivity index (χ4v) is 2.64. The Morgan fingerprint density at radius 2 is 1.75 bits per heavy atom. The van der Waals surface area contributed by atoms with E-state index in [0.717, 1.165) is 10.8 Å². The zero-order valence-electron chi connectivity index (χ0n) is 14.2. The number of hydrogen-bond acceptors (Lipinski definition) is 4. The van der Waals surface area contributed by atoms with Crippen molar-refractivity contribution in [2.45, 2.75) is 44.8 Å². The number of nitrogens with two attached hydrogens (primary N) is 1. The fraction of sp³-hybridized carbons (Fsp3) is 0.368. The molecule has 0 aromatic heterocycles. The first-order valence-electron chi connectivity index (χ1n) is 7.86. The van der Waals surface area contributed by atoms with Crippen LogP contribution < -0.4 is 5.73 Å². The van der Waals surface area contributed by atoms with Crippen molar-refractivity contribution in [2.75, 3.05) is 0 Å². The third kappa shape index (κ3) is 4.55. The third-order valence-corrected chi connectivity index (χ3v) is 3.63. The summed E-state index contributed by atoms with van der Waals surface area (Å²) in [5.74, 6) is -2.38. The zero-order valence-corrected chi connectivity index (χ0v) is 14.2. The molecule has 2 rings (SSSR count). The Hall–Kier alpha value is -2.40. The first-order valence-corrected chi connectivity index (χ1v) is 7.86. The van der Waals surface area contributed by atoms with Gasteiger partial charge in [-0.15, -0.1) is 0 Å². The number of hydrogen-bond donors (Lipinski definition) is 2. The summed E-state index contributed by atoms with van der Waals surface area (Å²) in [7, 11) is 0. The molecule has 0 heterocycles. The molecule has 0 spiro atoms. The predicted octanol–water partition coefficient (Wildman–Crippen LogP) is 3.07. The second-order valence-electron chi connectivity index (χ2n) is 6.88. The molecule has 2 aromatic rings. The van der Waals surface area contributed by atoms with Crippen molar-refractivity contribution in [2.24, 2.45) is 5.73 Å². The van der Waals surface area contributed by atoms with Crippen LogP contribution in [0.2, 0.25) is 0 Å². The molecule has 0 aliphatic heterocycles. The molecule has 128 valence electrons. The van der Waals surface area contributed by atoms with Gasteiger partial charge in [-0.05, 0) is 37.1 Å². The largest absolute Gasteiger partial charge is 0.481 e. The summed E-state index contributed by atoms with van der Waals surface area (Å²) in [6.07, 6.45) is -0.309. The standard InChI is InChI=1S/C19H23NO4/c1-19(2,3)24-18(23)17(15(20)11-16(21)22)14-9-8-12-6-4-5-7-13(12)10-14/h4-10,15,17H,11,20H2,1-3H3,(H,21,22)/t15-,17?/m0/s1. The minimum absolute atomic E-state index is 0.309. The van der Waals surface area contributed by atoms with Crippen LogP contribution in [-0.4, -0.2) is 28.7 Å². The lowest BCUT2D eigenvalue weighted by atomic mass is 9.88. The molecule has 3 N–H and O–H groups in total. The smallest absolute Gasteiger partial charge is 0.315 e. The van der Waals surface area contributed by atoms with Gasteiger partial charge in [0.15, 0.2) is 0 Å². The lowest BCUT2D eigenvalue weighted by Gasteiger charge is -2.27. The Labute approximate surface area is 141 Å². The van der Waals surface area contributed by atoms with Crippen molar-refractivity contribution >= 4 is 22.7 Å². The summed E-state index contributed by atoms with van der Waals surface area (Å²) in [5, 5.41) is 11.0. The highest BCUT2D eigenvalue weighted by atomic mass is 16.6. The van der Waals surface area contributed by atoms with Crippen LogP contribution >= 0.6 is 0 Å². The van der Waals surface area contributed by atoms with Crippen LogP contribution in [0.3, 0.4) is 0 Å². The van der Waals surface area contributed by atoms with Crippen LogP contribution in [0.25, 0.3) is 10.8 Å². The molecule has 0 saturated heterocycles. The normalized spacial score (nSPS) is 14.2. The highest BCUT2D eigenvalue weighted by Crippen LogP contribution is 2.28. The number of benzene rings is 2. The Balaban J connectivity index is 2.42. The number of esters is 1. The van der Waals surface area contributed by atoms with E-state index in [0.29, 0.717) is 5.56 Å². The molecule has 5 nitrogen and oxygen atoms in total. The minimum atomic E-state index is -1.04. The van der Waals surface area contributed by atoms with Crippen LogP contribution in [0.15, 0.2) is 42.5 Å². The maximum absolute atomic E-state index is 12.6. The van der Waals surface area contributed by atoms with E-state index < -0.39 is 29.5 Å². The maximum atomic E-state index is 12.6. The van der Waals surface area contributed by atoms with Gasteiger partial charge in [-0.3, -0.25) is 9.59 Å². The number of rotatable bonds is 5. The van der Waals surface area contributed by atoms with Crippen LogP contribution in [0.1, 0.15) is 38.7 Å². The van der Waals surface area contributed by atoms with E-state index in [-0.39, 0.29) is 6.42 Å². The molecular weight excluding hydrogens is 306 g/mol. The van der Waals surface area contributed by atoms with Crippen LogP contribution in [0.4, 0.5) is 0 Å². The summed E-state index contributed by atoms with van der Waals surface area (Å²) in [5.41, 5.74) is 6.03. The van der Waals surface area contributed by atoms with Crippen molar-refractivity contribution < 1.29 is 19.4 Å². The van der Waals surface area contributed by atoms with Gasteiger partial charge < -0.3 is 15.6 Å². The van der Waals surface area contributed by atoms with Crippen molar-refractivity contribution in [1.82, 2.24) is 0 Å². The summed E-state index contributed by atoms with van der Waals surface area (Å²) in [6.45, 7) is 5.31. The van der Waals surface area contributed by atoms with E-state index in [1.54, 1.807) is 26.8 Å². The molecule has 0 aliphatic rings. The first-order chi connectivity index (χ1) is 11.2. The first kappa shape index (κ1) is 17.9. The Kier molecular flexibility index (Phi) is 5.24. The van der Waals surface area contributed by atoms with Crippen LogP contribution in [0, 0.1) is 0 Å². The van der Waals surface area contributed by atoms with Crippen LogP contribution in [-0.2, 0) is 14.3 Å². The van der Waals surface area contributed by atoms with Gasteiger partial charge in [0.05, 0.1) is 12.3 Å². The molecule has 0 fully saturated rings. The Morgan fingerprint density at radius 3 is 2.33 bits per heavy atom. The van der Waals surface area contributed by atoms with E-state index in [1.807, 2.05) is 36.4 Å². The summed E-state index contributed by atoms with van der Waals surface area (Å²) in [4.78, 5) is 23.7. The second-order valence-corrected chi connectivity index (χ2v) is 6.88. The molecule has 0 saturated carbocycles. The second kappa shape index (κ2) is 7.01. The molecule has 1 unspecified atom stereocenters. The van der Waals surface area contributed by atoms with Gasteiger partial charge >= 0.3 is 11.9 Å². The topological polar surface area (TPSA) is 89.6 Å². The van der Waals surface area contributed by atoms with E-state index in [9.17, 15) is 9.59 Å². The molecule has 0 radical (unpaired) electrons. The fourth-order valence-electron chi connectivity index (χ4n) is 2.64. The Morgan fingerprint density at radius 1 is 1.12 bits per heavy atom. The Bertz CT molecular complexity index is 748. The number of aliphatic carboxylic acids is 1. The number of ether oxygens (including phenoxy) is 1. The number of carboxylic acids is 1. The highest BCUT2D eigenvalue weighted by Gasteiger charge is 2.33. The molecule has 0 amide bonds. The molecular formula is C19H23NO4. The lowest BCUT2D eigenvalue weighted by molar-refractivity contribution is -0.157. The highest BCUT2D eigenvalue weighted by molar-refractivity contribution is 5.86. The lowest BCUT2D eigenvalue weighted by Crippen LogP contribution is -2.39. The van der Waals surface area contributed by atoms with E-state index in [4.69, 9.17) is 15.6 Å². The summed E-state index contributed by atoms with van der Waals surface area (Å²) in [6, 6.07) is 12.5. The predicted molar refractivity (Wildman–Crippen MR) is 92.8 cm³/mol. The van der Waals surface area contributed by atoms with Gasteiger partial charge in [0.1, 0.15) is 5.60 Å². The third-order valence-electron chi connectivity index (χ3n) is 3.63.